The van der Waals surface area contributed by atoms with Gasteiger partial charge in [0.05, 0.1) is 10.5 Å². The van der Waals surface area contributed by atoms with Crippen molar-refractivity contribution < 1.29 is 26.4 Å². The van der Waals surface area contributed by atoms with Crippen molar-refractivity contribution in [2.45, 2.75) is 37.3 Å². The number of amides is 1. The molecule has 0 saturated heterocycles. The van der Waals surface area contributed by atoms with Gasteiger partial charge in [-0.25, -0.2) is 8.42 Å². The number of carbonyl (C=O) groups is 1. The SMILES string of the molecule is CCCCc1nnc(NC(=O)c2ccc(S(=O)(=O)Nc3cccc(C(F)(F)F)c3)cc2)s1. The second-order valence-electron chi connectivity index (χ2n) is 6.77. The molecule has 0 aliphatic carbocycles. The molecule has 1 amide bonds. The summed E-state index contributed by atoms with van der Waals surface area (Å²) in [5.41, 5.74) is -1.01. The number of carbonyl (C=O) groups excluding carboxylic acids is 1. The molecular formula is C20H19F3N4O3S2. The van der Waals surface area contributed by atoms with Crippen LogP contribution in [0.3, 0.4) is 0 Å². The molecule has 1 aromatic heterocycles. The highest BCUT2D eigenvalue weighted by molar-refractivity contribution is 7.92. The first-order chi connectivity index (χ1) is 15.1. The zero-order chi connectivity index (χ0) is 23.4. The number of alkyl halides is 3. The third-order valence-electron chi connectivity index (χ3n) is 4.30. The molecule has 3 aromatic rings. The van der Waals surface area contributed by atoms with Crippen LogP contribution in [0, 0.1) is 0 Å². The van der Waals surface area contributed by atoms with E-state index in [0.717, 1.165) is 36.4 Å². The minimum absolute atomic E-state index is 0.188. The Balaban J connectivity index is 1.69. The number of anilines is 2. The number of hydrogen-bond acceptors (Lipinski definition) is 6. The van der Waals surface area contributed by atoms with Gasteiger partial charge in [-0.1, -0.05) is 30.7 Å². The number of sulfonamides is 1. The van der Waals surface area contributed by atoms with Crippen LogP contribution in [-0.2, 0) is 22.6 Å². The lowest BCUT2D eigenvalue weighted by molar-refractivity contribution is -0.137. The van der Waals surface area contributed by atoms with Crippen molar-refractivity contribution in [1.29, 1.82) is 0 Å². The van der Waals surface area contributed by atoms with Gasteiger partial charge in [-0.3, -0.25) is 14.8 Å². The van der Waals surface area contributed by atoms with Gasteiger partial charge in [0.2, 0.25) is 5.13 Å². The molecule has 170 valence electrons. The van der Waals surface area contributed by atoms with E-state index in [4.69, 9.17) is 0 Å². The molecule has 12 heteroatoms. The second kappa shape index (κ2) is 9.65. The van der Waals surface area contributed by atoms with Crippen LogP contribution in [0.1, 0.15) is 40.7 Å². The molecule has 1 heterocycles. The normalized spacial score (nSPS) is 11.9. The number of aryl methyl sites for hydroxylation is 1. The molecule has 0 atom stereocenters. The van der Waals surface area contributed by atoms with Crippen molar-refractivity contribution in [3.05, 3.63) is 64.7 Å². The van der Waals surface area contributed by atoms with Crippen LogP contribution in [0.5, 0.6) is 0 Å². The third-order valence-corrected chi connectivity index (χ3v) is 6.60. The van der Waals surface area contributed by atoms with Crippen molar-refractivity contribution in [2.75, 3.05) is 10.0 Å². The predicted molar refractivity (Wildman–Crippen MR) is 115 cm³/mol. The second-order valence-corrected chi connectivity index (χ2v) is 9.51. The van der Waals surface area contributed by atoms with Crippen LogP contribution in [0.15, 0.2) is 53.4 Å². The summed E-state index contributed by atoms with van der Waals surface area (Å²) in [6.45, 7) is 2.06. The molecule has 0 radical (unpaired) electrons. The largest absolute Gasteiger partial charge is 0.416 e. The smallest absolute Gasteiger partial charge is 0.296 e. The Morgan fingerprint density at radius 1 is 1.09 bits per heavy atom. The Hall–Kier alpha value is -2.99. The molecule has 7 nitrogen and oxygen atoms in total. The van der Waals surface area contributed by atoms with Gasteiger partial charge in [0.1, 0.15) is 5.01 Å². The molecule has 2 aromatic carbocycles. The van der Waals surface area contributed by atoms with E-state index in [1.54, 1.807) is 0 Å². The quantitative estimate of drug-likeness (QED) is 0.471. The fraction of sp³-hybridized carbons (Fsp3) is 0.250. The summed E-state index contributed by atoms with van der Waals surface area (Å²) in [7, 11) is -4.15. The first-order valence-electron chi connectivity index (χ1n) is 9.52. The third kappa shape index (κ3) is 6.04. The summed E-state index contributed by atoms with van der Waals surface area (Å²) in [5.74, 6) is -0.488. The number of nitrogens with zero attached hydrogens (tertiary/aromatic N) is 2. The van der Waals surface area contributed by atoms with Crippen LogP contribution in [0.4, 0.5) is 24.0 Å². The van der Waals surface area contributed by atoms with Crippen molar-refractivity contribution >= 4 is 38.1 Å². The Kier molecular flexibility index (Phi) is 7.14. The fourth-order valence-corrected chi connectivity index (χ4v) is 4.49. The van der Waals surface area contributed by atoms with Gasteiger partial charge < -0.3 is 0 Å². The molecule has 0 bridgehead atoms. The molecule has 2 N–H and O–H groups in total. The Morgan fingerprint density at radius 2 is 1.81 bits per heavy atom. The molecule has 0 spiro atoms. The molecule has 3 rings (SSSR count). The molecule has 0 aliphatic heterocycles. The Bertz CT molecular complexity index is 1190. The lowest BCUT2D eigenvalue weighted by atomic mass is 10.2. The molecule has 0 fully saturated rings. The number of nitrogens with one attached hydrogen (secondary N) is 2. The van der Waals surface area contributed by atoms with E-state index in [2.05, 4.69) is 27.2 Å². The topological polar surface area (TPSA) is 101 Å². The van der Waals surface area contributed by atoms with E-state index in [9.17, 15) is 26.4 Å². The zero-order valence-electron chi connectivity index (χ0n) is 16.8. The lowest BCUT2D eigenvalue weighted by Crippen LogP contribution is -2.15. The summed E-state index contributed by atoms with van der Waals surface area (Å²) >= 11 is 1.27. The number of benzene rings is 2. The highest BCUT2D eigenvalue weighted by Gasteiger charge is 2.30. The van der Waals surface area contributed by atoms with E-state index in [-0.39, 0.29) is 16.1 Å². The van der Waals surface area contributed by atoms with Gasteiger partial charge in [0.25, 0.3) is 15.9 Å². The molecule has 0 unspecified atom stereocenters. The maximum Gasteiger partial charge on any atom is 0.416 e. The summed E-state index contributed by atoms with van der Waals surface area (Å²) in [4.78, 5) is 12.2. The van der Waals surface area contributed by atoms with Gasteiger partial charge in [0.15, 0.2) is 0 Å². The van der Waals surface area contributed by atoms with Crippen molar-refractivity contribution in [3.63, 3.8) is 0 Å². The minimum Gasteiger partial charge on any atom is -0.296 e. The van der Waals surface area contributed by atoms with Crippen LogP contribution in [-0.4, -0.2) is 24.5 Å². The van der Waals surface area contributed by atoms with Gasteiger partial charge in [-0.05, 0) is 48.9 Å². The highest BCUT2D eigenvalue weighted by atomic mass is 32.2. The maximum absolute atomic E-state index is 12.8. The maximum atomic E-state index is 12.8. The summed E-state index contributed by atoms with van der Waals surface area (Å²) in [6.07, 6.45) is -1.85. The van der Waals surface area contributed by atoms with Gasteiger partial charge in [-0.2, -0.15) is 13.2 Å². The number of rotatable bonds is 8. The lowest BCUT2D eigenvalue weighted by Gasteiger charge is -2.11. The number of aromatic nitrogens is 2. The van der Waals surface area contributed by atoms with E-state index in [1.165, 1.54) is 41.7 Å². The first kappa shape index (κ1) is 23.7. The fourth-order valence-electron chi connectivity index (χ4n) is 2.66. The standard InChI is InChI=1S/C20H19F3N4O3S2/c1-2-3-7-17-25-26-19(31-17)24-18(28)13-8-10-16(11-9-13)32(29,30)27-15-6-4-5-14(12-15)20(21,22)23/h4-6,8-12,27H,2-3,7H2,1H3,(H,24,26,28). The van der Waals surface area contributed by atoms with E-state index >= 15 is 0 Å². The van der Waals surface area contributed by atoms with Crippen molar-refractivity contribution in [2.24, 2.45) is 0 Å². The molecule has 32 heavy (non-hydrogen) atoms. The van der Waals surface area contributed by atoms with Gasteiger partial charge in [0, 0.05) is 17.7 Å². The molecular weight excluding hydrogens is 465 g/mol. The summed E-state index contributed by atoms with van der Waals surface area (Å²) in [5, 5.41) is 11.7. The van der Waals surface area contributed by atoms with Gasteiger partial charge >= 0.3 is 6.18 Å². The number of unbranched alkanes of at least 4 members (excludes halogenated alkanes) is 1. The highest BCUT2D eigenvalue weighted by Crippen LogP contribution is 2.31. The molecule has 0 aliphatic rings. The average Bonchev–Trinajstić information content (AvgIpc) is 3.19. The Labute approximate surface area is 186 Å². The van der Waals surface area contributed by atoms with Gasteiger partial charge in [-0.15, -0.1) is 10.2 Å². The van der Waals surface area contributed by atoms with Crippen molar-refractivity contribution in [1.82, 2.24) is 10.2 Å². The van der Waals surface area contributed by atoms with Crippen LogP contribution >= 0.6 is 11.3 Å². The Morgan fingerprint density at radius 3 is 2.47 bits per heavy atom. The van der Waals surface area contributed by atoms with E-state index in [0.29, 0.717) is 11.2 Å². The minimum atomic E-state index is -4.60. The monoisotopic (exact) mass is 484 g/mol. The van der Waals surface area contributed by atoms with E-state index < -0.39 is 27.7 Å². The summed E-state index contributed by atoms with van der Waals surface area (Å²) in [6, 6.07) is 8.85. The zero-order valence-corrected chi connectivity index (χ0v) is 18.4. The average molecular weight is 485 g/mol. The molecule has 0 saturated carbocycles. The van der Waals surface area contributed by atoms with Crippen LogP contribution in [0.2, 0.25) is 0 Å². The van der Waals surface area contributed by atoms with E-state index in [1.807, 2.05) is 0 Å². The number of halogens is 3. The van der Waals surface area contributed by atoms with Crippen molar-refractivity contribution in [3.8, 4) is 0 Å². The first-order valence-corrected chi connectivity index (χ1v) is 11.8. The number of hydrogen-bond donors (Lipinski definition) is 2. The summed E-state index contributed by atoms with van der Waals surface area (Å²) < 4.78 is 65.6. The predicted octanol–water partition coefficient (Wildman–Crippen LogP) is 4.95. The van der Waals surface area contributed by atoms with Crippen LogP contribution in [0.25, 0.3) is 0 Å². The van der Waals surface area contributed by atoms with Crippen LogP contribution < -0.4 is 10.0 Å².